The fraction of sp³-hybridized carbons (Fsp3) is 0.500. The molecule has 0 aromatic heterocycles. The third kappa shape index (κ3) is 3.17. The third-order valence-corrected chi connectivity index (χ3v) is 4.19. The molecule has 114 valence electrons. The van der Waals surface area contributed by atoms with Crippen molar-refractivity contribution in [2.45, 2.75) is 26.7 Å². The molecular weight excluding hydrogens is 268 g/mol. The standard InChI is InChI=1S/C16H22N2O3/c1-12-5-7-13(8-6-12)17(3)15(21)18-10-4-9-16(2,11-18)14(19)20/h5-8H,4,9-11H2,1-3H3,(H,19,20). The van der Waals surface area contributed by atoms with E-state index in [4.69, 9.17) is 0 Å². The molecule has 1 atom stereocenters. The second-order valence-electron chi connectivity index (χ2n) is 6.07. The maximum Gasteiger partial charge on any atom is 0.324 e. The Morgan fingerprint density at radius 3 is 2.48 bits per heavy atom. The Labute approximate surface area is 125 Å². The van der Waals surface area contributed by atoms with Gasteiger partial charge >= 0.3 is 12.0 Å². The largest absolute Gasteiger partial charge is 0.481 e. The number of hydrogen-bond donors (Lipinski definition) is 1. The molecule has 1 aliphatic rings. The fourth-order valence-corrected chi connectivity index (χ4v) is 2.67. The zero-order chi connectivity index (χ0) is 15.6. The number of rotatable bonds is 2. The monoisotopic (exact) mass is 290 g/mol. The number of carbonyl (C=O) groups excluding carboxylic acids is 1. The minimum Gasteiger partial charge on any atom is -0.481 e. The first-order chi connectivity index (χ1) is 9.83. The van der Waals surface area contributed by atoms with Gasteiger partial charge in [0.15, 0.2) is 0 Å². The van der Waals surface area contributed by atoms with Gasteiger partial charge < -0.3 is 10.0 Å². The molecule has 2 rings (SSSR count). The lowest BCUT2D eigenvalue weighted by atomic mass is 9.82. The summed E-state index contributed by atoms with van der Waals surface area (Å²) in [5, 5.41) is 9.33. The Morgan fingerprint density at radius 2 is 1.90 bits per heavy atom. The number of benzene rings is 1. The molecule has 1 fully saturated rings. The van der Waals surface area contributed by atoms with Crippen molar-refractivity contribution < 1.29 is 14.7 Å². The van der Waals surface area contributed by atoms with Gasteiger partial charge in [-0.1, -0.05) is 17.7 Å². The molecule has 1 saturated heterocycles. The molecule has 0 radical (unpaired) electrons. The van der Waals surface area contributed by atoms with Crippen LogP contribution < -0.4 is 4.90 Å². The summed E-state index contributed by atoms with van der Waals surface area (Å²) in [6.45, 7) is 4.57. The first-order valence-electron chi connectivity index (χ1n) is 7.16. The van der Waals surface area contributed by atoms with E-state index >= 15 is 0 Å². The number of piperidine rings is 1. The van der Waals surface area contributed by atoms with E-state index in [9.17, 15) is 14.7 Å². The molecule has 0 spiro atoms. The van der Waals surface area contributed by atoms with Crippen LogP contribution in [-0.4, -0.2) is 42.1 Å². The van der Waals surface area contributed by atoms with E-state index in [0.29, 0.717) is 13.0 Å². The van der Waals surface area contributed by atoms with Crippen molar-refractivity contribution in [1.29, 1.82) is 0 Å². The average molecular weight is 290 g/mol. The summed E-state index contributed by atoms with van der Waals surface area (Å²) < 4.78 is 0. The molecule has 1 N–H and O–H groups in total. The van der Waals surface area contributed by atoms with Crippen LogP contribution in [0.3, 0.4) is 0 Å². The maximum atomic E-state index is 12.6. The van der Waals surface area contributed by atoms with Gasteiger partial charge in [0.1, 0.15) is 0 Å². The van der Waals surface area contributed by atoms with Crippen LogP contribution in [0, 0.1) is 12.3 Å². The van der Waals surface area contributed by atoms with E-state index < -0.39 is 11.4 Å². The summed E-state index contributed by atoms with van der Waals surface area (Å²) in [4.78, 5) is 27.1. The van der Waals surface area contributed by atoms with E-state index in [1.54, 1.807) is 23.8 Å². The van der Waals surface area contributed by atoms with Crippen molar-refractivity contribution in [2.75, 3.05) is 25.0 Å². The SMILES string of the molecule is Cc1ccc(N(C)C(=O)N2CCCC(C)(C(=O)O)C2)cc1. The molecule has 1 aromatic carbocycles. The van der Waals surface area contributed by atoms with Gasteiger partial charge in [0.2, 0.25) is 0 Å². The van der Waals surface area contributed by atoms with E-state index in [2.05, 4.69) is 0 Å². The van der Waals surface area contributed by atoms with Gasteiger partial charge in [-0.2, -0.15) is 0 Å². The minimum atomic E-state index is -0.845. The van der Waals surface area contributed by atoms with Crippen molar-refractivity contribution in [2.24, 2.45) is 5.41 Å². The van der Waals surface area contributed by atoms with Crippen molar-refractivity contribution in [3.63, 3.8) is 0 Å². The van der Waals surface area contributed by atoms with Gasteiger partial charge in [-0.3, -0.25) is 9.69 Å². The summed E-state index contributed by atoms with van der Waals surface area (Å²) in [5.41, 5.74) is 1.10. The quantitative estimate of drug-likeness (QED) is 0.911. The zero-order valence-corrected chi connectivity index (χ0v) is 12.8. The predicted octanol–water partition coefficient (Wildman–Crippen LogP) is 2.74. The summed E-state index contributed by atoms with van der Waals surface area (Å²) in [6.07, 6.45) is 1.33. The molecular formula is C16H22N2O3. The summed E-state index contributed by atoms with van der Waals surface area (Å²) >= 11 is 0. The number of anilines is 1. The van der Waals surface area contributed by atoms with Gasteiger partial charge in [-0.05, 0) is 38.8 Å². The van der Waals surface area contributed by atoms with Gasteiger partial charge in [-0.25, -0.2) is 4.79 Å². The van der Waals surface area contributed by atoms with Crippen LogP contribution in [0.4, 0.5) is 10.5 Å². The Kier molecular flexibility index (Phi) is 4.21. The van der Waals surface area contributed by atoms with Gasteiger partial charge in [0.25, 0.3) is 0 Å². The highest BCUT2D eigenvalue weighted by atomic mass is 16.4. The van der Waals surface area contributed by atoms with E-state index in [-0.39, 0.29) is 12.6 Å². The van der Waals surface area contributed by atoms with Crippen molar-refractivity contribution in [3.05, 3.63) is 29.8 Å². The molecule has 0 aliphatic carbocycles. The number of hydrogen-bond acceptors (Lipinski definition) is 2. The average Bonchev–Trinajstić information content (AvgIpc) is 2.46. The van der Waals surface area contributed by atoms with Gasteiger partial charge in [0, 0.05) is 25.8 Å². The molecule has 5 nitrogen and oxygen atoms in total. The first kappa shape index (κ1) is 15.4. The Bertz CT molecular complexity index is 541. The van der Waals surface area contributed by atoms with Gasteiger partial charge in [0.05, 0.1) is 5.41 Å². The van der Waals surface area contributed by atoms with Crippen LogP contribution in [0.5, 0.6) is 0 Å². The van der Waals surface area contributed by atoms with E-state index in [1.165, 1.54) is 0 Å². The van der Waals surface area contributed by atoms with E-state index in [1.807, 2.05) is 31.2 Å². The highest BCUT2D eigenvalue weighted by molar-refractivity contribution is 5.92. The van der Waals surface area contributed by atoms with Crippen LogP contribution in [0.15, 0.2) is 24.3 Å². The van der Waals surface area contributed by atoms with Crippen LogP contribution in [-0.2, 0) is 4.79 Å². The van der Waals surface area contributed by atoms with Crippen LogP contribution in [0.25, 0.3) is 0 Å². The van der Waals surface area contributed by atoms with Crippen molar-refractivity contribution in [1.82, 2.24) is 4.90 Å². The number of aliphatic carboxylic acids is 1. The number of aryl methyl sites for hydroxylation is 1. The van der Waals surface area contributed by atoms with Gasteiger partial charge in [-0.15, -0.1) is 0 Å². The normalized spacial score (nSPS) is 22.0. The number of likely N-dealkylation sites (tertiary alicyclic amines) is 1. The van der Waals surface area contributed by atoms with Crippen LogP contribution >= 0.6 is 0 Å². The Morgan fingerprint density at radius 1 is 1.29 bits per heavy atom. The second-order valence-corrected chi connectivity index (χ2v) is 6.07. The Balaban J connectivity index is 2.12. The summed E-state index contributed by atoms with van der Waals surface area (Å²) in [5.74, 6) is -0.835. The van der Waals surface area contributed by atoms with E-state index in [0.717, 1.165) is 17.7 Å². The lowest BCUT2D eigenvalue weighted by Crippen LogP contribution is -2.51. The fourth-order valence-electron chi connectivity index (χ4n) is 2.67. The molecule has 1 aromatic rings. The number of urea groups is 1. The predicted molar refractivity (Wildman–Crippen MR) is 81.5 cm³/mol. The molecule has 1 unspecified atom stereocenters. The molecule has 0 bridgehead atoms. The van der Waals surface area contributed by atoms with Crippen LogP contribution in [0.2, 0.25) is 0 Å². The second kappa shape index (κ2) is 5.76. The molecule has 0 saturated carbocycles. The number of amides is 2. The maximum absolute atomic E-state index is 12.6. The Hall–Kier alpha value is -2.04. The number of carboxylic acids is 1. The molecule has 5 heteroatoms. The summed E-state index contributed by atoms with van der Waals surface area (Å²) in [7, 11) is 1.72. The van der Waals surface area contributed by atoms with Crippen molar-refractivity contribution in [3.8, 4) is 0 Å². The number of carboxylic acid groups (broad SMARTS) is 1. The lowest BCUT2D eigenvalue weighted by molar-refractivity contribution is -0.150. The van der Waals surface area contributed by atoms with Crippen LogP contribution in [0.1, 0.15) is 25.3 Å². The number of carbonyl (C=O) groups is 2. The smallest absolute Gasteiger partial charge is 0.324 e. The topological polar surface area (TPSA) is 60.9 Å². The summed E-state index contributed by atoms with van der Waals surface area (Å²) in [6, 6.07) is 7.56. The molecule has 2 amide bonds. The van der Waals surface area contributed by atoms with Crippen molar-refractivity contribution >= 4 is 17.7 Å². The highest BCUT2D eigenvalue weighted by Gasteiger charge is 2.40. The lowest BCUT2D eigenvalue weighted by Gasteiger charge is -2.39. The first-order valence-corrected chi connectivity index (χ1v) is 7.16. The third-order valence-electron chi connectivity index (χ3n) is 4.19. The molecule has 21 heavy (non-hydrogen) atoms. The number of nitrogens with zero attached hydrogens (tertiary/aromatic N) is 2. The minimum absolute atomic E-state index is 0.147. The molecule has 1 heterocycles. The highest BCUT2D eigenvalue weighted by Crippen LogP contribution is 2.30. The zero-order valence-electron chi connectivity index (χ0n) is 12.8. The molecule has 1 aliphatic heterocycles.